The van der Waals surface area contributed by atoms with E-state index in [4.69, 9.17) is 10.5 Å². The molecule has 0 spiro atoms. The molecule has 24 heavy (non-hydrogen) atoms. The SMILES string of the molecule is NC[C@@H]1CN(C(=O)CSCC2CCCCO2)C[C@H]1c1ccccc1. The molecule has 3 atom stereocenters. The van der Waals surface area contributed by atoms with E-state index in [1.807, 2.05) is 11.0 Å². The molecule has 2 aliphatic rings. The molecule has 3 rings (SSSR count). The molecule has 2 saturated heterocycles. The maximum absolute atomic E-state index is 12.5. The number of thioether (sulfide) groups is 1. The highest BCUT2D eigenvalue weighted by Crippen LogP contribution is 2.32. The van der Waals surface area contributed by atoms with Crippen molar-refractivity contribution in [2.45, 2.75) is 31.3 Å². The molecule has 5 heteroatoms. The highest BCUT2D eigenvalue weighted by Gasteiger charge is 2.35. The predicted octanol–water partition coefficient (Wildman–Crippen LogP) is 2.49. The first-order valence-corrected chi connectivity index (χ1v) is 10.2. The van der Waals surface area contributed by atoms with Crippen molar-refractivity contribution in [3.05, 3.63) is 35.9 Å². The van der Waals surface area contributed by atoms with Gasteiger partial charge in [-0.05, 0) is 37.3 Å². The molecule has 1 aromatic carbocycles. The lowest BCUT2D eigenvalue weighted by Gasteiger charge is -2.22. The molecule has 0 radical (unpaired) electrons. The number of amides is 1. The van der Waals surface area contributed by atoms with E-state index in [2.05, 4.69) is 24.3 Å². The van der Waals surface area contributed by atoms with Crippen LogP contribution in [0.4, 0.5) is 0 Å². The van der Waals surface area contributed by atoms with Gasteiger partial charge in [0, 0.05) is 31.4 Å². The van der Waals surface area contributed by atoms with Gasteiger partial charge in [-0.25, -0.2) is 0 Å². The number of benzene rings is 1. The third-order valence-electron chi connectivity index (χ3n) is 5.13. The van der Waals surface area contributed by atoms with Crippen LogP contribution in [0.5, 0.6) is 0 Å². The molecule has 1 unspecified atom stereocenters. The van der Waals surface area contributed by atoms with Gasteiger partial charge in [-0.3, -0.25) is 4.79 Å². The minimum Gasteiger partial charge on any atom is -0.377 e. The molecule has 2 aliphatic heterocycles. The fourth-order valence-electron chi connectivity index (χ4n) is 3.70. The summed E-state index contributed by atoms with van der Waals surface area (Å²) in [6.45, 7) is 3.09. The summed E-state index contributed by atoms with van der Waals surface area (Å²) in [7, 11) is 0. The second-order valence-electron chi connectivity index (χ2n) is 6.82. The Bertz CT molecular complexity index is 519. The van der Waals surface area contributed by atoms with Crippen molar-refractivity contribution >= 4 is 17.7 Å². The Labute approximate surface area is 149 Å². The lowest BCUT2D eigenvalue weighted by Crippen LogP contribution is -2.32. The van der Waals surface area contributed by atoms with Crippen molar-refractivity contribution in [3.8, 4) is 0 Å². The van der Waals surface area contributed by atoms with Gasteiger partial charge in [0.1, 0.15) is 0 Å². The van der Waals surface area contributed by atoms with Crippen molar-refractivity contribution in [3.63, 3.8) is 0 Å². The summed E-state index contributed by atoms with van der Waals surface area (Å²) in [5.74, 6) is 2.46. The summed E-state index contributed by atoms with van der Waals surface area (Å²) in [6, 6.07) is 10.5. The van der Waals surface area contributed by atoms with Gasteiger partial charge in [-0.1, -0.05) is 30.3 Å². The van der Waals surface area contributed by atoms with Crippen LogP contribution in [-0.4, -0.2) is 54.7 Å². The van der Waals surface area contributed by atoms with E-state index in [-0.39, 0.29) is 5.91 Å². The van der Waals surface area contributed by atoms with Crippen LogP contribution >= 0.6 is 11.8 Å². The number of nitrogens with two attached hydrogens (primary N) is 1. The normalized spacial score (nSPS) is 27.4. The van der Waals surface area contributed by atoms with Gasteiger partial charge in [0.05, 0.1) is 11.9 Å². The number of rotatable bonds is 6. The van der Waals surface area contributed by atoms with Crippen LogP contribution in [0.25, 0.3) is 0 Å². The number of carbonyl (C=O) groups is 1. The number of hydrogen-bond acceptors (Lipinski definition) is 4. The largest absolute Gasteiger partial charge is 0.377 e. The van der Waals surface area contributed by atoms with Crippen LogP contribution in [0.3, 0.4) is 0 Å². The number of nitrogens with zero attached hydrogens (tertiary/aromatic N) is 1. The number of hydrogen-bond donors (Lipinski definition) is 1. The van der Waals surface area contributed by atoms with Crippen LogP contribution in [-0.2, 0) is 9.53 Å². The second-order valence-corrected chi connectivity index (χ2v) is 7.85. The summed E-state index contributed by atoms with van der Waals surface area (Å²) in [5, 5.41) is 0. The van der Waals surface area contributed by atoms with Crippen molar-refractivity contribution < 1.29 is 9.53 Å². The molecular weight excluding hydrogens is 320 g/mol. The van der Waals surface area contributed by atoms with Crippen LogP contribution in [0.15, 0.2) is 30.3 Å². The topological polar surface area (TPSA) is 55.6 Å². The van der Waals surface area contributed by atoms with Gasteiger partial charge < -0.3 is 15.4 Å². The number of carbonyl (C=O) groups excluding carboxylic acids is 1. The molecule has 2 heterocycles. The molecule has 2 N–H and O–H groups in total. The molecule has 0 aliphatic carbocycles. The zero-order chi connectivity index (χ0) is 16.8. The van der Waals surface area contributed by atoms with Gasteiger partial charge in [0.15, 0.2) is 0 Å². The molecule has 4 nitrogen and oxygen atoms in total. The fourth-order valence-corrected chi connectivity index (χ4v) is 4.70. The Morgan fingerprint density at radius 1 is 1.25 bits per heavy atom. The van der Waals surface area contributed by atoms with Crippen molar-refractivity contribution in [2.75, 3.05) is 37.7 Å². The van der Waals surface area contributed by atoms with E-state index >= 15 is 0 Å². The number of ether oxygens (including phenoxy) is 1. The molecular formula is C19H28N2O2S. The standard InChI is InChI=1S/C19H28N2O2S/c20-10-16-11-21(12-18(16)15-6-2-1-3-7-15)19(22)14-24-13-17-8-4-5-9-23-17/h1-3,6-7,16-18H,4-5,8-14,20H2/t16-,17?,18+/m1/s1. The van der Waals surface area contributed by atoms with Crippen molar-refractivity contribution in [1.29, 1.82) is 0 Å². The maximum Gasteiger partial charge on any atom is 0.232 e. The summed E-state index contributed by atoms with van der Waals surface area (Å²) >= 11 is 1.71. The summed E-state index contributed by atoms with van der Waals surface area (Å²) in [4.78, 5) is 14.6. The maximum atomic E-state index is 12.5. The molecule has 1 aromatic rings. The third-order valence-corrected chi connectivity index (χ3v) is 6.19. The third kappa shape index (κ3) is 4.52. The summed E-state index contributed by atoms with van der Waals surface area (Å²) in [5.41, 5.74) is 7.26. The first-order chi connectivity index (χ1) is 11.8. The highest BCUT2D eigenvalue weighted by molar-refractivity contribution is 7.99. The molecule has 0 bridgehead atoms. The number of likely N-dealkylation sites (tertiary alicyclic amines) is 1. The monoisotopic (exact) mass is 348 g/mol. The first-order valence-electron chi connectivity index (χ1n) is 9.00. The van der Waals surface area contributed by atoms with Gasteiger partial charge in [-0.15, -0.1) is 11.8 Å². The van der Waals surface area contributed by atoms with E-state index in [0.29, 0.717) is 30.2 Å². The average Bonchev–Trinajstić information content (AvgIpc) is 3.08. The first kappa shape index (κ1) is 17.8. The van der Waals surface area contributed by atoms with Gasteiger partial charge in [0.25, 0.3) is 0 Å². The summed E-state index contributed by atoms with van der Waals surface area (Å²) < 4.78 is 5.73. The van der Waals surface area contributed by atoms with E-state index < -0.39 is 0 Å². The zero-order valence-corrected chi connectivity index (χ0v) is 15.0. The average molecular weight is 349 g/mol. The van der Waals surface area contributed by atoms with Crippen LogP contribution in [0.2, 0.25) is 0 Å². The Balaban J connectivity index is 1.48. The van der Waals surface area contributed by atoms with Crippen molar-refractivity contribution in [1.82, 2.24) is 4.90 Å². The smallest absolute Gasteiger partial charge is 0.232 e. The molecule has 1 amide bonds. The molecule has 0 saturated carbocycles. The van der Waals surface area contributed by atoms with Crippen molar-refractivity contribution in [2.24, 2.45) is 11.7 Å². The zero-order valence-electron chi connectivity index (χ0n) is 14.2. The lowest BCUT2D eigenvalue weighted by atomic mass is 9.89. The van der Waals surface area contributed by atoms with E-state index in [1.165, 1.54) is 18.4 Å². The van der Waals surface area contributed by atoms with Gasteiger partial charge in [-0.2, -0.15) is 0 Å². The Morgan fingerprint density at radius 2 is 2.08 bits per heavy atom. The Hall–Kier alpha value is -1.04. The lowest BCUT2D eigenvalue weighted by molar-refractivity contribution is -0.127. The molecule has 0 aromatic heterocycles. The fraction of sp³-hybridized carbons (Fsp3) is 0.632. The van der Waals surface area contributed by atoms with Crippen LogP contribution in [0.1, 0.15) is 30.7 Å². The van der Waals surface area contributed by atoms with Gasteiger partial charge >= 0.3 is 0 Å². The summed E-state index contributed by atoms with van der Waals surface area (Å²) in [6.07, 6.45) is 3.90. The quantitative estimate of drug-likeness (QED) is 0.858. The van der Waals surface area contributed by atoms with Crippen LogP contribution in [0, 0.1) is 5.92 Å². The van der Waals surface area contributed by atoms with E-state index in [9.17, 15) is 4.79 Å². The van der Waals surface area contributed by atoms with Crippen LogP contribution < -0.4 is 5.73 Å². The Morgan fingerprint density at radius 3 is 2.79 bits per heavy atom. The molecule has 132 valence electrons. The minimum atomic E-state index is 0.243. The van der Waals surface area contributed by atoms with Gasteiger partial charge in [0.2, 0.25) is 5.91 Å². The van der Waals surface area contributed by atoms with E-state index in [0.717, 1.165) is 31.9 Å². The Kier molecular flexibility index (Phi) is 6.58. The van der Waals surface area contributed by atoms with E-state index in [1.54, 1.807) is 11.8 Å². The predicted molar refractivity (Wildman–Crippen MR) is 99.2 cm³/mol. The second kappa shape index (κ2) is 8.88. The minimum absolute atomic E-state index is 0.243. The highest BCUT2D eigenvalue weighted by atomic mass is 32.2. The molecule has 2 fully saturated rings.